The summed E-state index contributed by atoms with van der Waals surface area (Å²) in [5, 5.41) is 12.7. The number of para-hydroxylation sites is 2. The third-order valence-electron chi connectivity index (χ3n) is 3.86. The molecule has 0 saturated carbocycles. The number of nitrogens with one attached hydrogen (secondary N) is 1. The Kier molecular flexibility index (Phi) is 3.06. The fraction of sp³-hybridized carbons (Fsp3) is 0.500. The second-order valence-corrected chi connectivity index (χ2v) is 4.97. The molecule has 1 aromatic heterocycles. The largest absolute Gasteiger partial charge is 0.395 e. The van der Waals surface area contributed by atoms with Gasteiger partial charge < -0.3 is 15.0 Å². The Labute approximate surface area is 107 Å². The van der Waals surface area contributed by atoms with Crippen LogP contribution < -0.4 is 5.32 Å². The normalized spacial score (nSPS) is 23.9. The first-order valence-corrected chi connectivity index (χ1v) is 6.60. The Balaban J connectivity index is 2.12. The maximum atomic E-state index is 9.27. The van der Waals surface area contributed by atoms with Crippen LogP contribution in [0.5, 0.6) is 0 Å². The average Bonchev–Trinajstić information content (AvgIpc) is 2.94. The van der Waals surface area contributed by atoms with Crippen LogP contribution in [0.25, 0.3) is 11.0 Å². The number of benzene rings is 1. The van der Waals surface area contributed by atoms with Crippen LogP contribution in [-0.4, -0.2) is 33.9 Å². The molecule has 1 aromatic carbocycles. The second-order valence-electron chi connectivity index (χ2n) is 4.97. The Morgan fingerprint density at radius 2 is 2.28 bits per heavy atom. The molecule has 3 rings (SSSR count). The van der Waals surface area contributed by atoms with Crippen molar-refractivity contribution in [1.82, 2.24) is 14.9 Å². The standard InChI is InChI=1S/C14H19N3O/c1-10-11(6-7-15-10)14-16-12-4-2-3-5-13(12)17(14)8-9-18/h2-5,10-11,15,18H,6-9H2,1H3. The molecule has 2 atom stereocenters. The summed E-state index contributed by atoms with van der Waals surface area (Å²) in [6.07, 6.45) is 1.12. The smallest absolute Gasteiger partial charge is 0.114 e. The van der Waals surface area contributed by atoms with Crippen LogP contribution >= 0.6 is 0 Å². The number of nitrogens with zero attached hydrogens (tertiary/aromatic N) is 2. The number of aliphatic hydroxyl groups excluding tert-OH is 1. The van der Waals surface area contributed by atoms with Gasteiger partial charge in [0.2, 0.25) is 0 Å². The minimum atomic E-state index is 0.155. The van der Waals surface area contributed by atoms with Crippen molar-refractivity contribution in [2.45, 2.75) is 31.8 Å². The van der Waals surface area contributed by atoms with E-state index in [9.17, 15) is 5.11 Å². The predicted octanol–water partition coefficient (Wildman–Crippen LogP) is 1.49. The van der Waals surface area contributed by atoms with E-state index in [-0.39, 0.29) is 6.61 Å². The van der Waals surface area contributed by atoms with Crippen molar-refractivity contribution in [3.05, 3.63) is 30.1 Å². The van der Waals surface area contributed by atoms with Gasteiger partial charge in [0.25, 0.3) is 0 Å². The molecule has 1 fully saturated rings. The number of fused-ring (bicyclic) bond motifs is 1. The van der Waals surface area contributed by atoms with Gasteiger partial charge in [0.15, 0.2) is 0 Å². The lowest BCUT2D eigenvalue weighted by Crippen LogP contribution is -2.24. The molecule has 1 aliphatic heterocycles. The Morgan fingerprint density at radius 3 is 3.00 bits per heavy atom. The highest BCUT2D eigenvalue weighted by atomic mass is 16.3. The number of rotatable bonds is 3. The lowest BCUT2D eigenvalue weighted by Gasteiger charge is -2.16. The van der Waals surface area contributed by atoms with Crippen molar-refractivity contribution >= 4 is 11.0 Å². The van der Waals surface area contributed by atoms with Gasteiger partial charge in [-0.15, -0.1) is 0 Å². The number of aromatic nitrogens is 2. The molecule has 4 nitrogen and oxygen atoms in total. The van der Waals surface area contributed by atoms with Crippen LogP contribution in [0.4, 0.5) is 0 Å². The van der Waals surface area contributed by atoms with Crippen molar-refractivity contribution in [2.75, 3.05) is 13.2 Å². The first-order chi connectivity index (χ1) is 8.81. The van der Waals surface area contributed by atoms with Gasteiger partial charge >= 0.3 is 0 Å². The summed E-state index contributed by atoms with van der Waals surface area (Å²) in [6.45, 7) is 4.04. The molecule has 4 heteroatoms. The summed E-state index contributed by atoms with van der Waals surface area (Å²) in [7, 11) is 0. The third-order valence-corrected chi connectivity index (χ3v) is 3.86. The van der Waals surface area contributed by atoms with Crippen LogP contribution in [0, 0.1) is 0 Å². The zero-order valence-electron chi connectivity index (χ0n) is 10.6. The molecule has 2 N–H and O–H groups in total. The van der Waals surface area contributed by atoms with Crippen molar-refractivity contribution in [1.29, 1.82) is 0 Å². The quantitative estimate of drug-likeness (QED) is 0.861. The first-order valence-electron chi connectivity index (χ1n) is 6.60. The van der Waals surface area contributed by atoms with Crippen molar-refractivity contribution in [2.24, 2.45) is 0 Å². The summed E-state index contributed by atoms with van der Waals surface area (Å²) < 4.78 is 2.17. The summed E-state index contributed by atoms with van der Waals surface area (Å²) >= 11 is 0. The van der Waals surface area contributed by atoms with Gasteiger partial charge in [-0.2, -0.15) is 0 Å². The Morgan fingerprint density at radius 1 is 1.44 bits per heavy atom. The van der Waals surface area contributed by atoms with Gasteiger partial charge in [0.05, 0.1) is 17.6 Å². The van der Waals surface area contributed by atoms with Crippen molar-refractivity contribution < 1.29 is 5.11 Å². The number of aliphatic hydroxyl groups is 1. The average molecular weight is 245 g/mol. The SMILES string of the molecule is CC1NCCC1c1nc2ccccc2n1CCO. The molecule has 96 valence electrons. The fourth-order valence-electron chi connectivity index (χ4n) is 2.92. The highest BCUT2D eigenvalue weighted by Crippen LogP contribution is 2.29. The number of hydrogen-bond donors (Lipinski definition) is 2. The van der Waals surface area contributed by atoms with Gasteiger partial charge in [-0.05, 0) is 32.0 Å². The maximum Gasteiger partial charge on any atom is 0.114 e. The van der Waals surface area contributed by atoms with E-state index < -0.39 is 0 Å². The highest BCUT2D eigenvalue weighted by Gasteiger charge is 2.29. The summed E-state index contributed by atoms with van der Waals surface area (Å²) in [5.74, 6) is 1.56. The molecule has 0 amide bonds. The molecular weight excluding hydrogens is 226 g/mol. The Hall–Kier alpha value is -1.39. The maximum absolute atomic E-state index is 9.27. The van der Waals surface area contributed by atoms with Crippen LogP contribution in [-0.2, 0) is 6.54 Å². The van der Waals surface area contributed by atoms with Crippen LogP contribution in [0.3, 0.4) is 0 Å². The molecule has 0 spiro atoms. The molecule has 2 unspecified atom stereocenters. The van der Waals surface area contributed by atoms with Gasteiger partial charge in [-0.3, -0.25) is 0 Å². The van der Waals surface area contributed by atoms with Gasteiger partial charge in [-0.25, -0.2) is 4.98 Å². The summed E-state index contributed by atoms with van der Waals surface area (Å²) in [5.41, 5.74) is 2.15. The van der Waals surface area contributed by atoms with Crippen LogP contribution in [0.1, 0.15) is 25.1 Å². The first kappa shape index (κ1) is 11.7. The Bertz CT molecular complexity index is 549. The molecule has 0 radical (unpaired) electrons. The molecule has 1 aliphatic rings. The molecule has 18 heavy (non-hydrogen) atoms. The fourth-order valence-corrected chi connectivity index (χ4v) is 2.92. The van der Waals surface area contributed by atoms with Crippen molar-refractivity contribution in [3.63, 3.8) is 0 Å². The predicted molar refractivity (Wildman–Crippen MR) is 71.6 cm³/mol. The van der Waals surface area contributed by atoms with E-state index in [1.54, 1.807) is 0 Å². The molecular formula is C14H19N3O. The topological polar surface area (TPSA) is 50.1 Å². The van der Waals surface area contributed by atoms with E-state index in [1.807, 2.05) is 18.2 Å². The van der Waals surface area contributed by atoms with E-state index in [0.717, 1.165) is 29.8 Å². The molecule has 0 bridgehead atoms. The zero-order valence-corrected chi connectivity index (χ0v) is 10.6. The highest BCUT2D eigenvalue weighted by molar-refractivity contribution is 5.76. The van der Waals surface area contributed by atoms with E-state index in [2.05, 4.69) is 22.9 Å². The monoisotopic (exact) mass is 245 g/mol. The van der Waals surface area contributed by atoms with E-state index in [4.69, 9.17) is 4.98 Å². The van der Waals surface area contributed by atoms with Gasteiger partial charge in [0, 0.05) is 18.5 Å². The second kappa shape index (κ2) is 4.71. The minimum Gasteiger partial charge on any atom is -0.395 e. The van der Waals surface area contributed by atoms with Crippen molar-refractivity contribution in [3.8, 4) is 0 Å². The summed E-state index contributed by atoms with van der Waals surface area (Å²) in [6, 6.07) is 8.62. The minimum absolute atomic E-state index is 0.155. The van der Waals surface area contributed by atoms with E-state index in [1.165, 1.54) is 0 Å². The molecule has 1 saturated heterocycles. The third kappa shape index (κ3) is 1.82. The lowest BCUT2D eigenvalue weighted by molar-refractivity contribution is 0.274. The zero-order chi connectivity index (χ0) is 12.5. The molecule has 0 aliphatic carbocycles. The van der Waals surface area contributed by atoms with Gasteiger partial charge in [-0.1, -0.05) is 12.1 Å². The van der Waals surface area contributed by atoms with Crippen LogP contribution in [0.15, 0.2) is 24.3 Å². The van der Waals surface area contributed by atoms with Gasteiger partial charge in [0.1, 0.15) is 5.82 Å². The number of hydrogen-bond acceptors (Lipinski definition) is 3. The van der Waals surface area contributed by atoms with Crippen LogP contribution in [0.2, 0.25) is 0 Å². The number of imidazole rings is 1. The summed E-state index contributed by atoms with van der Waals surface area (Å²) in [4.78, 5) is 4.78. The van der Waals surface area contributed by atoms with E-state index in [0.29, 0.717) is 18.5 Å². The molecule has 2 aromatic rings. The molecule has 2 heterocycles. The lowest BCUT2D eigenvalue weighted by atomic mass is 10.0. The van der Waals surface area contributed by atoms with E-state index >= 15 is 0 Å².